The smallest absolute Gasteiger partial charge is 0.192 e. The first-order valence-corrected chi connectivity index (χ1v) is 13.0. The largest absolute Gasteiger partial charge is 0.412 e. The normalized spacial score (nSPS) is 15.3. The molecule has 0 rings (SSSR count). The molecule has 138 valence electrons. The molecule has 3 nitrogen and oxygen atoms in total. The van der Waals surface area contributed by atoms with Crippen molar-refractivity contribution in [3.05, 3.63) is 0 Å². The fourth-order valence-electron chi connectivity index (χ4n) is 1.94. The SMILES string of the molecule is CCCCCCCC(C)(C)[S@](=O)/N=C/CO[Si](C)(C)C(C)(C)C. The highest BCUT2D eigenvalue weighted by Gasteiger charge is 2.36. The molecule has 0 aliphatic carbocycles. The first-order chi connectivity index (χ1) is 10.4. The summed E-state index contributed by atoms with van der Waals surface area (Å²) in [6.07, 6.45) is 8.86. The molecule has 0 aliphatic rings. The van der Waals surface area contributed by atoms with E-state index in [9.17, 15) is 4.21 Å². The molecule has 0 heterocycles. The van der Waals surface area contributed by atoms with Crippen LogP contribution in [0.4, 0.5) is 0 Å². The summed E-state index contributed by atoms with van der Waals surface area (Å²) < 4.78 is 22.4. The van der Waals surface area contributed by atoms with E-state index < -0.39 is 19.3 Å². The number of hydrogen-bond acceptors (Lipinski definition) is 2. The molecular weight excluding hydrogens is 322 g/mol. The van der Waals surface area contributed by atoms with Crippen molar-refractivity contribution >= 4 is 25.5 Å². The van der Waals surface area contributed by atoms with Crippen LogP contribution in [0, 0.1) is 0 Å². The summed E-state index contributed by atoms with van der Waals surface area (Å²) in [5.41, 5.74) is 0. The molecule has 0 saturated heterocycles. The van der Waals surface area contributed by atoms with Gasteiger partial charge in [-0.2, -0.15) is 4.40 Å². The third-order valence-electron chi connectivity index (χ3n) is 4.85. The van der Waals surface area contributed by atoms with E-state index in [1.54, 1.807) is 6.21 Å². The third kappa shape index (κ3) is 9.15. The lowest BCUT2D eigenvalue weighted by molar-refractivity contribution is 0.343. The van der Waals surface area contributed by atoms with E-state index in [1.165, 1.54) is 25.7 Å². The van der Waals surface area contributed by atoms with Crippen LogP contribution in [-0.2, 0) is 15.4 Å². The molecule has 0 aromatic carbocycles. The molecule has 0 saturated carbocycles. The van der Waals surface area contributed by atoms with Crippen LogP contribution in [-0.4, -0.2) is 30.1 Å². The molecule has 0 fully saturated rings. The summed E-state index contributed by atoms with van der Waals surface area (Å²) in [7, 11) is -2.93. The molecule has 0 unspecified atom stereocenters. The molecule has 0 aromatic rings. The average molecular weight is 362 g/mol. The zero-order valence-electron chi connectivity index (χ0n) is 16.7. The maximum atomic E-state index is 12.4. The predicted molar refractivity (Wildman–Crippen MR) is 107 cm³/mol. The third-order valence-corrected chi connectivity index (χ3v) is 10.8. The van der Waals surface area contributed by atoms with Gasteiger partial charge in [-0.1, -0.05) is 59.8 Å². The standard InChI is InChI=1S/C18H39NO2SSi/c1-9-10-11-12-13-14-18(5,6)22(20)19-15-16-21-23(7,8)17(2,3)4/h15H,9-14,16H2,1-8H3/b19-15+/t22-/m0/s1. The van der Waals surface area contributed by atoms with Crippen LogP contribution < -0.4 is 0 Å². The molecule has 0 N–H and O–H groups in total. The van der Waals surface area contributed by atoms with Gasteiger partial charge in [0.2, 0.25) is 0 Å². The van der Waals surface area contributed by atoms with Gasteiger partial charge in [0, 0.05) is 6.21 Å². The second-order valence-electron chi connectivity index (χ2n) is 8.53. The van der Waals surface area contributed by atoms with Gasteiger partial charge in [0.05, 0.1) is 11.4 Å². The highest BCUT2D eigenvalue weighted by molar-refractivity contribution is 7.85. The average Bonchev–Trinajstić information content (AvgIpc) is 2.41. The Morgan fingerprint density at radius 3 is 2.13 bits per heavy atom. The lowest BCUT2D eigenvalue weighted by Gasteiger charge is -2.35. The van der Waals surface area contributed by atoms with Crippen molar-refractivity contribution in [2.45, 2.75) is 103 Å². The van der Waals surface area contributed by atoms with Crippen molar-refractivity contribution in [2.75, 3.05) is 6.61 Å². The van der Waals surface area contributed by atoms with Crippen molar-refractivity contribution in [2.24, 2.45) is 4.40 Å². The summed E-state index contributed by atoms with van der Waals surface area (Å²) in [6.45, 7) is 17.9. The molecular formula is C18H39NO2SSi. The van der Waals surface area contributed by atoms with E-state index in [0.717, 1.165) is 12.8 Å². The Bertz CT molecular complexity index is 387. The molecule has 0 aliphatic heterocycles. The lowest BCUT2D eigenvalue weighted by atomic mass is 10.0. The van der Waals surface area contributed by atoms with Crippen molar-refractivity contribution in [3.63, 3.8) is 0 Å². The van der Waals surface area contributed by atoms with Gasteiger partial charge in [0.25, 0.3) is 0 Å². The molecule has 0 amide bonds. The summed E-state index contributed by atoms with van der Waals surface area (Å²) in [5.74, 6) is 0. The zero-order chi connectivity index (χ0) is 18.1. The fourth-order valence-corrected chi connectivity index (χ4v) is 3.67. The number of rotatable bonds is 11. The maximum absolute atomic E-state index is 12.4. The van der Waals surface area contributed by atoms with E-state index in [0.29, 0.717) is 6.61 Å². The van der Waals surface area contributed by atoms with Crippen LogP contribution in [0.15, 0.2) is 4.40 Å². The van der Waals surface area contributed by atoms with Crippen LogP contribution in [0.5, 0.6) is 0 Å². The van der Waals surface area contributed by atoms with Gasteiger partial charge in [-0.05, 0) is 38.4 Å². The summed E-state index contributed by atoms with van der Waals surface area (Å²) in [5, 5.41) is 0.192. The van der Waals surface area contributed by atoms with Gasteiger partial charge in [-0.3, -0.25) is 0 Å². The highest BCUT2D eigenvalue weighted by atomic mass is 32.2. The maximum Gasteiger partial charge on any atom is 0.192 e. The lowest BCUT2D eigenvalue weighted by Crippen LogP contribution is -2.41. The first-order valence-electron chi connectivity index (χ1n) is 9.02. The molecule has 0 bridgehead atoms. The quantitative estimate of drug-likeness (QED) is 0.262. The molecule has 5 heteroatoms. The van der Waals surface area contributed by atoms with Crippen molar-refractivity contribution in [1.82, 2.24) is 0 Å². The summed E-state index contributed by atoms with van der Waals surface area (Å²) >= 11 is 0. The van der Waals surface area contributed by atoms with Crippen LogP contribution in [0.1, 0.15) is 80.1 Å². The van der Waals surface area contributed by atoms with Gasteiger partial charge < -0.3 is 4.43 Å². The van der Waals surface area contributed by atoms with Crippen molar-refractivity contribution in [1.29, 1.82) is 0 Å². The summed E-state index contributed by atoms with van der Waals surface area (Å²) in [6, 6.07) is 0. The molecule has 0 aromatic heterocycles. The highest BCUT2D eigenvalue weighted by Crippen LogP contribution is 2.36. The van der Waals surface area contributed by atoms with Crippen molar-refractivity contribution < 1.29 is 8.63 Å². The topological polar surface area (TPSA) is 38.7 Å². The Hall–Kier alpha value is -0.00312. The summed E-state index contributed by atoms with van der Waals surface area (Å²) in [4.78, 5) is 0. The Kier molecular flexibility index (Phi) is 10.1. The zero-order valence-corrected chi connectivity index (χ0v) is 18.5. The van der Waals surface area contributed by atoms with E-state index in [-0.39, 0.29) is 9.79 Å². The Morgan fingerprint density at radius 2 is 1.61 bits per heavy atom. The second kappa shape index (κ2) is 10.1. The van der Waals surface area contributed by atoms with Crippen LogP contribution in [0.2, 0.25) is 18.1 Å². The Labute approximate surface area is 148 Å². The van der Waals surface area contributed by atoms with E-state index >= 15 is 0 Å². The van der Waals surface area contributed by atoms with Crippen molar-refractivity contribution in [3.8, 4) is 0 Å². The minimum atomic E-state index is -1.75. The molecule has 1 atom stereocenters. The monoisotopic (exact) mass is 361 g/mol. The molecule has 23 heavy (non-hydrogen) atoms. The number of hydrogen-bond donors (Lipinski definition) is 0. The van der Waals surface area contributed by atoms with Crippen LogP contribution in [0.25, 0.3) is 0 Å². The van der Waals surface area contributed by atoms with E-state index in [2.05, 4.69) is 59.0 Å². The van der Waals surface area contributed by atoms with Crippen LogP contribution in [0.3, 0.4) is 0 Å². The van der Waals surface area contributed by atoms with Gasteiger partial charge in [0.15, 0.2) is 8.32 Å². The van der Waals surface area contributed by atoms with Gasteiger partial charge in [-0.25, -0.2) is 4.21 Å². The predicted octanol–water partition coefficient (Wildman–Crippen LogP) is 5.88. The fraction of sp³-hybridized carbons (Fsp3) is 0.944. The first kappa shape index (κ1) is 23.0. The Balaban J connectivity index is 4.24. The van der Waals surface area contributed by atoms with Crippen LogP contribution >= 0.6 is 0 Å². The molecule has 0 spiro atoms. The van der Waals surface area contributed by atoms with Gasteiger partial charge in [0.1, 0.15) is 11.0 Å². The van der Waals surface area contributed by atoms with Gasteiger partial charge in [-0.15, -0.1) is 0 Å². The molecule has 0 radical (unpaired) electrons. The van der Waals surface area contributed by atoms with E-state index in [1.807, 2.05) is 0 Å². The Morgan fingerprint density at radius 1 is 1.04 bits per heavy atom. The minimum absolute atomic E-state index is 0.192. The van der Waals surface area contributed by atoms with E-state index in [4.69, 9.17) is 4.43 Å². The van der Waals surface area contributed by atoms with Gasteiger partial charge >= 0.3 is 0 Å². The minimum Gasteiger partial charge on any atom is -0.412 e. The number of nitrogens with zero attached hydrogens (tertiary/aromatic N) is 1. The number of unbranched alkanes of at least 4 members (excludes halogenated alkanes) is 4. The second-order valence-corrected chi connectivity index (χ2v) is 15.2.